The molecule has 1 atom stereocenters. The van der Waals surface area contributed by atoms with Crippen LogP contribution in [-0.2, 0) is 17.9 Å². The van der Waals surface area contributed by atoms with Gasteiger partial charge in [0, 0.05) is 73.4 Å². The van der Waals surface area contributed by atoms with Crippen molar-refractivity contribution in [3.63, 3.8) is 0 Å². The standard InChI is InChI=1S/C30H32FN7O/c1-35(2)20-8-11-36(12-9-20)30(39)25-18-38-27(31)13-22-21(7-6-19(14-33-25)29(22)38)23-15-32-16-24(23)26-17-34-28-5-3-4-10-37(26)28/h3-7,10,13,15-17,20,25,32-33H,8-9,11-12,14,18H2,1-2H3. The number of H-pyrrole nitrogens is 1. The molecule has 2 aliphatic rings. The minimum atomic E-state index is -0.470. The summed E-state index contributed by atoms with van der Waals surface area (Å²) in [5.41, 5.74) is 6.61. The number of halogens is 1. The van der Waals surface area contributed by atoms with Crippen LogP contribution in [0.3, 0.4) is 0 Å². The molecule has 4 aromatic heterocycles. The zero-order valence-electron chi connectivity index (χ0n) is 22.2. The van der Waals surface area contributed by atoms with E-state index in [0.29, 0.717) is 12.6 Å². The Kier molecular flexibility index (Phi) is 5.79. The fourth-order valence-electron chi connectivity index (χ4n) is 6.38. The lowest BCUT2D eigenvalue weighted by Crippen LogP contribution is -2.52. The number of pyridine rings is 1. The van der Waals surface area contributed by atoms with E-state index >= 15 is 4.39 Å². The molecule has 1 fully saturated rings. The number of carbonyl (C=O) groups is 1. The van der Waals surface area contributed by atoms with E-state index in [2.05, 4.69) is 50.8 Å². The lowest BCUT2D eigenvalue weighted by Gasteiger charge is -2.36. The minimum absolute atomic E-state index is 0.0574. The van der Waals surface area contributed by atoms with E-state index in [4.69, 9.17) is 0 Å². The van der Waals surface area contributed by atoms with Gasteiger partial charge in [-0.1, -0.05) is 18.2 Å². The van der Waals surface area contributed by atoms with Crippen LogP contribution in [0, 0.1) is 5.95 Å². The number of carbonyl (C=O) groups excluding carboxylic acids is 1. The number of nitrogens with one attached hydrogen (secondary N) is 2. The molecule has 1 amide bonds. The molecule has 6 heterocycles. The van der Waals surface area contributed by atoms with E-state index in [1.807, 2.05) is 47.9 Å². The summed E-state index contributed by atoms with van der Waals surface area (Å²) in [6, 6.07) is 11.7. The molecule has 9 heteroatoms. The van der Waals surface area contributed by atoms with Gasteiger partial charge in [-0.15, -0.1) is 0 Å². The molecular weight excluding hydrogens is 493 g/mol. The Labute approximate surface area is 226 Å². The summed E-state index contributed by atoms with van der Waals surface area (Å²) in [7, 11) is 4.18. The zero-order valence-corrected chi connectivity index (χ0v) is 22.2. The molecule has 200 valence electrons. The summed E-state index contributed by atoms with van der Waals surface area (Å²) in [5, 5.41) is 4.28. The van der Waals surface area contributed by atoms with Crippen molar-refractivity contribution in [2.24, 2.45) is 0 Å². The Morgan fingerprint density at radius 3 is 2.72 bits per heavy atom. The van der Waals surface area contributed by atoms with E-state index in [0.717, 1.165) is 70.4 Å². The molecule has 1 unspecified atom stereocenters. The lowest BCUT2D eigenvalue weighted by molar-refractivity contribution is -0.135. The molecule has 7 rings (SSSR count). The van der Waals surface area contributed by atoms with Gasteiger partial charge in [-0.05, 0) is 50.2 Å². The summed E-state index contributed by atoms with van der Waals surface area (Å²) < 4.78 is 19.3. The van der Waals surface area contributed by atoms with Crippen molar-refractivity contribution in [3.8, 4) is 22.4 Å². The maximum atomic E-state index is 15.6. The number of amides is 1. The highest BCUT2D eigenvalue weighted by Gasteiger charge is 2.32. The zero-order chi connectivity index (χ0) is 26.7. The second kappa shape index (κ2) is 9.36. The summed E-state index contributed by atoms with van der Waals surface area (Å²) in [6.07, 6.45) is 9.72. The number of rotatable bonds is 4. The molecular formula is C30H32FN7O. The summed E-state index contributed by atoms with van der Waals surface area (Å²) in [5.74, 6) is -0.263. The molecule has 8 nitrogen and oxygen atoms in total. The summed E-state index contributed by atoms with van der Waals surface area (Å²) in [4.78, 5) is 25.5. The van der Waals surface area contributed by atoms with Crippen molar-refractivity contribution < 1.29 is 9.18 Å². The van der Waals surface area contributed by atoms with Crippen molar-refractivity contribution in [1.29, 1.82) is 0 Å². The predicted octanol–water partition coefficient (Wildman–Crippen LogP) is 4.11. The van der Waals surface area contributed by atoms with Crippen molar-refractivity contribution >= 4 is 22.5 Å². The number of benzene rings is 1. The van der Waals surface area contributed by atoms with Crippen molar-refractivity contribution in [3.05, 3.63) is 72.7 Å². The first-order valence-corrected chi connectivity index (χ1v) is 13.6. The van der Waals surface area contributed by atoms with E-state index in [-0.39, 0.29) is 18.4 Å². The first kappa shape index (κ1) is 24.1. The van der Waals surface area contributed by atoms with Gasteiger partial charge in [-0.25, -0.2) is 4.98 Å². The van der Waals surface area contributed by atoms with Crippen LogP contribution in [0.4, 0.5) is 4.39 Å². The third-order valence-corrected chi connectivity index (χ3v) is 8.53. The Balaban J connectivity index is 1.24. The van der Waals surface area contributed by atoms with Crippen LogP contribution in [0.5, 0.6) is 0 Å². The van der Waals surface area contributed by atoms with Crippen LogP contribution in [0.1, 0.15) is 18.4 Å². The summed E-state index contributed by atoms with van der Waals surface area (Å²) in [6.45, 7) is 2.25. The number of likely N-dealkylation sites (tertiary alicyclic amines) is 1. The molecule has 0 aliphatic carbocycles. The number of imidazole rings is 1. The van der Waals surface area contributed by atoms with Gasteiger partial charge in [-0.3, -0.25) is 9.20 Å². The molecule has 0 spiro atoms. The molecule has 0 radical (unpaired) electrons. The molecule has 5 aromatic rings. The molecule has 2 N–H and O–H groups in total. The van der Waals surface area contributed by atoms with Gasteiger partial charge >= 0.3 is 0 Å². The number of fused-ring (bicyclic) bond motifs is 1. The highest BCUT2D eigenvalue weighted by atomic mass is 19.1. The van der Waals surface area contributed by atoms with Gasteiger partial charge < -0.3 is 24.7 Å². The lowest BCUT2D eigenvalue weighted by atomic mass is 9.97. The van der Waals surface area contributed by atoms with E-state index in [1.54, 1.807) is 10.6 Å². The third kappa shape index (κ3) is 3.95. The second-order valence-electron chi connectivity index (χ2n) is 10.9. The summed E-state index contributed by atoms with van der Waals surface area (Å²) >= 11 is 0. The number of hydrogen-bond donors (Lipinski definition) is 2. The normalized spacial score (nSPS) is 18.4. The highest BCUT2D eigenvalue weighted by Crippen LogP contribution is 2.39. The van der Waals surface area contributed by atoms with Crippen molar-refractivity contribution in [2.45, 2.75) is 38.0 Å². The van der Waals surface area contributed by atoms with Crippen LogP contribution in [0.25, 0.3) is 38.9 Å². The average molecular weight is 526 g/mol. The largest absolute Gasteiger partial charge is 0.366 e. The molecule has 0 bridgehead atoms. The fraction of sp³-hybridized carbons (Fsp3) is 0.333. The third-order valence-electron chi connectivity index (χ3n) is 8.53. The molecule has 39 heavy (non-hydrogen) atoms. The Morgan fingerprint density at radius 2 is 1.90 bits per heavy atom. The smallest absolute Gasteiger partial charge is 0.241 e. The number of piperidine rings is 1. The molecule has 2 aliphatic heterocycles. The Bertz CT molecular complexity index is 1690. The topological polar surface area (TPSA) is 73.6 Å². The Morgan fingerprint density at radius 1 is 1.08 bits per heavy atom. The van der Waals surface area contributed by atoms with Gasteiger partial charge in [0.2, 0.25) is 5.91 Å². The van der Waals surface area contributed by atoms with E-state index in [1.165, 1.54) is 0 Å². The SMILES string of the molecule is CN(C)C1CCN(C(=O)C2Cn3c(F)cc4c(-c5c[nH]cc5-c5cnc6ccccn56)ccc(c43)CN2)CC1. The van der Waals surface area contributed by atoms with Crippen LogP contribution >= 0.6 is 0 Å². The van der Waals surface area contributed by atoms with Crippen molar-refractivity contribution in [2.75, 3.05) is 27.2 Å². The van der Waals surface area contributed by atoms with Crippen LogP contribution < -0.4 is 5.32 Å². The number of aromatic amines is 1. The van der Waals surface area contributed by atoms with Crippen LogP contribution in [0.15, 0.2) is 61.2 Å². The maximum absolute atomic E-state index is 15.6. The first-order chi connectivity index (χ1) is 19.0. The number of aromatic nitrogens is 4. The van der Waals surface area contributed by atoms with Gasteiger partial charge in [0.05, 0.1) is 17.4 Å². The van der Waals surface area contributed by atoms with Crippen LogP contribution in [0.2, 0.25) is 0 Å². The fourth-order valence-corrected chi connectivity index (χ4v) is 6.38. The van der Waals surface area contributed by atoms with Gasteiger partial charge in [0.25, 0.3) is 0 Å². The molecule has 1 saturated heterocycles. The first-order valence-electron chi connectivity index (χ1n) is 13.6. The maximum Gasteiger partial charge on any atom is 0.241 e. The predicted molar refractivity (Wildman–Crippen MR) is 150 cm³/mol. The quantitative estimate of drug-likeness (QED) is 0.370. The Hall–Kier alpha value is -3.95. The van der Waals surface area contributed by atoms with Crippen molar-refractivity contribution in [1.82, 2.24) is 34.1 Å². The van der Waals surface area contributed by atoms with Crippen LogP contribution in [-0.4, -0.2) is 73.9 Å². The minimum Gasteiger partial charge on any atom is -0.366 e. The second-order valence-corrected chi connectivity index (χ2v) is 10.9. The van der Waals surface area contributed by atoms with Gasteiger partial charge in [-0.2, -0.15) is 4.39 Å². The highest BCUT2D eigenvalue weighted by molar-refractivity contribution is 6.01. The molecule has 0 saturated carbocycles. The number of nitrogens with zero attached hydrogens (tertiary/aromatic N) is 5. The van der Waals surface area contributed by atoms with Gasteiger partial charge in [0.1, 0.15) is 11.7 Å². The van der Waals surface area contributed by atoms with E-state index < -0.39 is 6.04 Å². The molecule has 1 aromatic carbocycles. The van der Waals surface area contributed by atoms with Gasteiger partial charge in [0.15, 0.2) is 5.95 Å². The average Bonchev–Trinajstić information content (AvgIpc) is 3.64. The number of hydrogen-bond acceptors (Lipinski definition) is 4. The monoisotopic (exact) mass is 525 g/mol. The van der Waals surface area contributed by atoms with E-state index in [9.17, 15) is 4.79 Å².